The molecule has 0 bridgehead atoms. The number of nitrogens with zero attached hydrogens (tertiary/aromatic N) is 1. The van der Waals surface area contributed by atoms with Crippen LogP contribution in [0.15, 0.2) is 34.0 Å². The highest BCUT2D eigenvalue weighted by Crippen LogP contribution is 2.28. The molecular weight excluding hydrogens is 194 g/mol. The summed E-state index contributed by atoms with van der Waals surface area (Å²) in [7, 11) is 0. The highest BCUT2D eigenvalue weighted by molar-refractivity contribution is 5.79. The number of rotatable bonds is 0. The summed E-state index contributed by atoms with van der Waals surface area (Å²) >= 11 is 0. The zero-order chi connectivity index (χ0) is 10.3. The van der Waals surface area contributed by atoms with E-state index in [-0.39, 0.29) is 0 Å². The van der Waals surface area contributed by atoms with Gasteiger partial charge >= 0.3 is 0 Å². The smallest absolute Gasteiger partial charge is 0.136 e. The molecule has 76 valence electrons. The van der Waals surface area contributed by atoms with Crippen molar-refractivity contribution in [1.82, 2.24) is 0 Å². The number of fused-ring (bicyclic) bond motifs is 2. The van der Waals surface area contributed by atoms with E-state index in [1.54, 1.807) is 6.07 Å². The lowest BCUT2D eigenvalue weighted by Gasteiger charge is -2.01. The maximum absolute atomic E-state index is 8.83. The second-order valence-electron chi connectivity index (χ2n) is 3.46. The monoisotopic (exact) mass is 203 g/mol. The zero-order valence-corrected chi connectivity index (χ0v) is 7.93. The molecule has 0 saturated carbocycles. The third kappa shape index (κ3) is 1.18. The highest BCUT2D eigenvalue weighted by atomic mass is 16.5. The van der Waals surface area contributed by atoms with Gasteiger partial charge in [0.05, 0.1) is 18.3 Å². The van der Waals surface area contributed by atoms with Crippen LogP contribution < -0.4 is 10.1 Å². The minimum atomic E-state index is 0.495. The molecule has 3 rings (SSSR count). The van der Waals surface area contributed by atoms with Crippen molar-refractivity contribution in [2.24, 2.45) is 5.16 Å². The standard InChI is InChI=1S/C11H9NO3/c13-12-9-2-4-15-11-5-7-1-3-14-10(7)6-8(9)11/h2,4-6,13H,1,3H2/b12-9+. The molecule has 2 heterocycles. The maximum atomic E-state index is 8.83. The van der Waals surface area contributed by atoms with E-state index in [2.05, 4.69) is 5.16 Å². The van der Waals surface area contributed by atoms with Crippen LogP contribution >= 0.6 is 0 Å². The van der Waals surface area contributed by atoms with Crippen molar-refractivity contribution in [2.75, 3.05) is 6.61 Å². The van der Waals surface area contributed by atoms with Crippen molar-refractivity contribution in [1.29, 1.82) is 0 Å². The first-order valence-corrected chi connectivity index (χ1v) is 4.74. The maximum Gasteiger partial charge on any atom is 0.136 e. The van der Waals surface area contributed by atoms with Crippen LogP contribution in [-0.4, -0.2) is 11.8 Å². The molecule has 0 atom stereocenters. The largest absolute Gasteiger partial charge is 0.493 e. The molecule has 1 aliphatic heterocycles. The van der Waals surface area contributed by atoms with Crippen LogP contribution in [0, 0.1) is 0 Å². The van der Waals surface area contributed by atoms with E-state index >= 15 is 0 Å². The SMILES string of the molecule is O/N=c1\ccoc2cc3c(cc12)OCC3. The highest BCUT2D eigenvalue weighted by Gasteiger charge is 2.14. The van der Waals surface area contributed by atoms with Gasteiger partial charge in [0.2, 0.25) is 0 Å². The molecule has 0 aliphatic carbocycles. The Morgan fingerprint density at radius 1 is 1.33 bits per heavy atom. The molecule has 1 aromatic heterocycles. The summed E-state index contributed by atoms with van der Waals surface area (Å²) in [5.74, 6) is 0.855. The van der Waals surface area contributed by atoms with E-state index in [0.29, 0.717) is 12.0 Å². The Hall–Kier alpha value is -1.97. The molecular formula is C11H9NO3. The summed E-state index contributed by atoms with van der Waals surface area (Å²) in [5, 5.41) is 13.3. The summed E-state index contributed by atoms with van der Waals surface area (Å²) < 4.78 is 10.8. The van der Waals surface area contributed by atoms with Crippen molar-refractivity contribution < 1.29 is 14.4 Å². The second-order valence-corrected chi connectivity index (χ2v) is 3.46. The van der Waals surface area contributed by atoms with Crippen molar-refractivity contribution >= 4 is 11.0 Å². The first-order chi connectivity index (χ1) is 7.38. The van der Waals surface area contributed by atoms with Gasteiger partial charge in [0.15, 0.2) is 0 Å². The van der Waals surface area contributed by atoms with Crippen LogP contribution in [0.4, 0.5) is 0 Å². The van der Waals surface area contributed by atoms with Crippen molar-refractivity contribution in [3.8, 4) is 5.75 Å². The fraction of sp³-hybridized carbons (Fsp3) is 0.182. The molecule has 4 nitrogen and oxygen atoms in total. The molecule has 1 aliphatic rings. The first kappa shape index (κ1) is 8.35. The Bertz CT molecular complexity index is 586. The van der Waals surface area contributed by atoms with Crippen molar-refractivity contribution in [3.05, 3.63) is 35.4 Å². The van der Waals surface area contributed by atoms with Gasteiger partial charge in [-0.1, -0.05) is 5.16 Å². The molecule has 0 fully saturated rings. The van der Waals surface area contributed by atoms with Gasteiger partial charge in [-0.15, -0.1) is 0 Å². The number of hydrogen-bond acceptors (Lipinski definition) is 4. The van der Waals surface area contributed by atoms with Crippen LogP contribution in [0.5, 0.6) is 5.75 Å². The van der Waals surface area contributed by atoms with E-state index in [0.717, 1.165) is 28.7 Å². The van der Waals surface area contributed by atoms with Gasteiger partial charge in [-0.25, -0.2) is 0 Å². The lowest BCUT2D eigenvalue weighted by molar-refractivity contribution is 0.302. The zero-order valence-electron chi connectivity index (χ0n) is 7.93. The fourth-order valence-corrected chi connectivity index (χ4v) is 1.85. The van der Waals surface area contributed by atoms with Gasteiger partial charge in [-0.05, 0) is 12.1 Å². The minimum absolute atomic E-state index is 0.495. The van der Waals surface area contributed by atoms with Crippen LogP contribution in [0.3, 0.4) is 0 Å². The summed E-state index contributed by atoms with van der Waals surface area (Å²) in [6, 6.07) is 5.41. The summed E-state index contributed by atoms with van der Waals surface area (Å²) in [6.07, 6.45) is 2.42. The third-order valence-corrected chi connectivity index (χ3v) is 2.60. The van der Waals surface area contributed by atoms with E-state index in [9.17, 15) is 0 Å². The van der Waals surface area contributed by atoms with Crippen molar-refractivity contribution in [2.45, 2.75) is 6.42 Å². The lowest BCUT2D eigenvalue weighted by Crippen LogP contribution is -2.01. The van der Waals surface area contributed by atoms with Gasteiger partial charge in [0, 0.05) is 18.1 Å². The van der Waals surface area contributed by atoms with Gasteiger partial charge in [0.1, 0.15) is 16.7 Å². The van der Waals surface area contributed by atoms with Crippen LogP contribution in [0.2, 0.25) is 0 Å². The van der Waals surface area contributed by atoms with Crippen LogP contribution in [0.1, 0.15) is 5.56 Å². The summed E-state index contributed by atoms with van der Waals surface area (Å²) in [4.78, 5) is 0. The summed E-state index contributed by atoms with van der Waals surface area (Å²) in [6.45, 7) is 0.706. The quantitative estimate of drug-likeness (QED) is 0.523. The van der Waals surface area contributed by atoms with E-state index < -0.39 is 0 Å². The first-order valence-electron chi connectivity index (χ1n) is 4.74. The Morgan fingerprint density at radius 3 is 3.13 bits per heavy atom. The number of ether oxygens (including phenoxy) is 1. The molecule has 1 aromatic carbocycles. The van der Waals surface area contributed by atoms with Gasteiger partial charge in [0.25, 0.3) is 0 Å². The van der Waals surface area contributed by atoms with Gasteiger partial charge < -0.3 is 14.4 Å². The van der Waals surface area contributed by atoms with Gasteiger partial charge in [-0.2, -0.15) is 0 Å². The topological polar surface area (TPSA) is 55.0 Å². The van der Waals surface area contributed by atoms with Crippen LogP contribution in [0.25, 0.3) is 11.0 Å². The van der Waals surface area contributed by atoms with E-state index in [1.807, 2.05) is 12.1 Å². The summed E-state index contributed by atoms with van der Waals surface area (Å²) in [5.41, 5.74) is 1.86. The van der Waals surface area contributed by atoms with Crippen LogP contribution in [-0.2, 0) is 6.42 Å². The Kier molecular flexibility index (Phi) is 1.68. The second kappa shape index (κ2) is 3.02. The van der Waals surface area contributed by atoms with Gasteiger partial charge in [-0.3, -0.25) is 0 Å². The number of hydrogen-bond donors (Lipinski definition) is 1. The average Bonchev–Trinajstić information content (AvgIpc) is 2.72. The molecule has 0 radical (unpaired) electrons. The average molecular weight is 203 g/mol. The normalized spacial score (nSPS) is 15.3. The Balaban J connectivity index is 2.43. The Labute approximate surface area is 85.4 Å². The Morgan fingerprint density at radius 2 is 2.27 bits per heavy atom. The van der Waals surface area contributed by atoms with Crippen molar-refractivity contribution in [3.63, 3.8) is 0 Å². The molecule has 1 N–H and O–H groups in total. The molecule has 0 spiro atoms. The van der Waals surface area contributed by atoms with E-state index in [4.69, 9.17) is 14.4 Å². The molecule has 0 saturated heterocycles. The predicted molar refractivity (Wildman–Crippen MR) is 52.8 cm³/mol. The molecule has 4 heteroatoms. The minimum Gasteiger partial charge on any atom is -0.493 e. The molecule has 0 unspecified atom stereocenters. The number of benzene rings is 1. The fourth-order valence-electron chi connectivity index (χ4n) is 1.85. The predicted octanol–water partition coefficient (Wildman–Crippen LogP) is 1.66. The molecule has 15 heavy (non-hydrogen) atoms. The molecule has 2 aromatic rings. The van der Waals surface area contributed by atoms with E-state index in [1.165, 1.54) is 6.26 Å². The lowest BCUT2D eigenvalue weighted by atomic mass is 10.1. The third-order valence-electron chi connectivity index (χ3n) is 2.60. The molecule has 0 amide bonds.